The van der Waals surface area contributed by atoms with Crippen LogP contribution in [0.2, 0.25) is 0 Å². The Labute approximate surface area is 172 Å². The molecule has 7 heteroatoms. The molecule has 3 fully saturated rings. The second-order valence-electron chi connectivity index (χ2n) is 8.25. The Morgan fingerprint density at radius 1 is 0.857 bits per heavy atom. The minimum absolute atomic E-state index is 0.258. The maximum atomic E-state index is 12.9. The van der Waals surface area contributed by atoms with E-state index in [1.807, 2.05) is 4.90 Å². The van der Waals surface area contributed by atoms with Gasteiger partial charge in [-0.2, -0.15) is 0 Å². The summed E-state index contributed by atoms with van der Waals surface area (Å²) in [5, 5.41) is 2.10. The Hall–Kier alpha value is -1.44. The van der Waals surface area contributed by atoms with Gasteiger partial charge in [-0.3, -0.25) is 19.4 Å². The molecule has 0 aromatic carbocycles. The van der Waals surface area contributed by atoms with Crippen molar-refractivity contribution in [3.8, 4) is 0 Å². The summed E-state index contributed by atoms with van der Waals surface area (Å²) in [6.45, 7) is 7.27. The predicted octanol–water partition coefficient (Wildman–Crippen LogP) is 2.04. The monoisotopic (exact) mass is 404 g/mol. The third kappa shape index (κ3) is 4.75. The number of hydrogen-bond donors (Lipinski definition) is 0. The summed E-state index contributed by atoms with van der Waals surface area (Å²) in [4.78, 5) is 35.3. The number of rotatable bonds is 5. The number of carbonyl (C=O) groups excluding carboxylic acids is 2. The van der Waals surface area contributed by atoms with Crippen LogP contribution in [0.15, 0.2) is 17.5 Å². The molecular formula is C21H32N4O2S. The zero-order chi connectivity index (χ0) is 19.3. The van der Waals surface area contributed by atoms with Gasteiger partial charge in [0.1, 0.15) is 0 Å². The smallest absolute Gasteiger partial charge is 0.237 e. The SMILES string of the molecule is O=C(CN1CCN(CC(=O)N2CCCC2c2cccs2)CC1)N1CCCCC1. The van der Waals surface area contributed by atoms with E-state index in [2.05, 4.69) is 32.2 Å². The molecule has 0 spiro atoms. The van der Waals surface area contributed by atoms with Crippen molar-refractivity contribution in [1.29, 1.82) is 0 Å². The van der Waals surface area contributed by atoms with Gasteiger partial charge >= 0.3 is 0 Å². The Balaban J connectivity index is 1.22. The first-order valence-electron chi connectivity index (χ1n) is 10.8. The maximum absolute atomic E-state index is 12.9. The zero-order valence-electron chi connectivity index (χ0n) is 16.7. The van der Waals surface area contributed by atoms with E-state index in [1.54, 1.807) is 11.3 Å². The topological polar surface area (TPSA) is 47.1 Å². The number of piperidine rings is 1. The van der Waals surface area contributed by atoms with Gasteiger partial charge < -0.3 is 9.80 Å². The van der Waals surface area contributed by atoms with Crippen molar-refractivity contribution in [2.24, 2.45) is 0 Å². The van der Waals surface area contributed by atoms with E-state index in [1.165, 1.54) is 11.3 Å². The summed E-state index contributed by atoms with van der Waals surface area (Å²) in [6, 6.07) is 4.50. The first kappa shape index (κ1) is 19.9. The molecular weight excluding hydrogens is 372 g/mol. The molecule has 3 aliphatic rings. The highest BCUT2D eigenvalue weighted by Crippen LogP contribution is 2.34. The van der Waals surface area contributed by atoms with Crippen molar-refractivity contribution >= 4 is 23.2 Å². The third-order valence-corrected chi connectivity index (χ3v) is 7.31. The summed E-state index contributed by atoms with van der Waals surface area (Å²) in [5.41, 5.74) is 0. The lowest BCUT2D eigenvalue weighted by atomic mass is 10.1. The second kappa shape index (κ2) is 9.37. The van der Waals surface area contributed by atoms with Gasteiger partial charge in [0, 0.05) is 50.7 Å². The van der Waals surface area contributed by atoms with Crippen LogP contribution in [0.1, 0.15) is 43.0 Å². The van der Waals surface area contributed by atoms with E-state index in [0.29, 0.717) is 13.1 Å². The average Bonchev–Trinajstić information content (AvgIpc) is 3.41. The molecule has 3 saturated heterocycles. The van der Waals surface area contributed by atoms with Gasteiger partial charge in [-0.15, -0.1) is 11.3 Å². The second-order valence-corrected chi connectivity index (χ2v) is 9.23. The van der Waals surface area contributed by atoms with Crippen LogP contribution in [0.5, 0.6) is 0 Å². The summed E-state index contributed by atoms with van der Waals surface area (Å²) < 4.78 is 0. The highest BCUT2D eigenvalue weighted by molar-refractivity contribution is 7.10. The minimum Gasteiger partial charge on any atom is -0.342 e. The van der Waals surface area contributed by atoms with Crippen molar-refractivity contribution in [3.05, 3.63) is 22.4 Å². The summed E-state index contributed by atoms with van der Waals surface area (Å²) in [6.07, 6.45) is 5.72. The molecule has 1 aromatic rings. The van der Waals surface area contributed by atoms with Crippen LogP contribution < -0.4 is 0 Å². The lowest BCUT2D eigenvalue weighted by molar-refractivity contribution is -0.136. The van der Waals surface area contributed by atoms with Gasteiger partial charge in [-0.05, 0) is 43.6 Å². The quantitative estimate of drug-likeness (QED) is 0.754. The molecule has 0 radical (unpaired) electrons. The van der Waals surface area contributed by atoms with E-state index in [-0.39, 0.29) is 17.9 Å². The van der Waals surface area contributed by atoms with E-state index in [0.717, 1.165) is 71.5 Å². The van der Waals surface area contributed by atoms with Crippen molar-refractivity contribution < 1.29 is 9.59 Å². The van der Waals surface area contributed by atoms with Crippen molar-refractivity contribution in [1.82, 2.24) is 19.6 Å². The molecule has 6 nitrogen and oxygen atoms in total. The molecule has 154 valence electrons. The molecule has 0 N–H and O–H groups in total. The fraction of sp³-hybridized carbons (Fsp3) is 0.714. The Kier molecular flexibility index (Phi) is 6.65. The van der Waals surface area contributed by atoms with Crippen molar-refractivity contribution in [2.75, 3.05) is 58.9 Å². The zero-order valence-corrected chi connectivity index (χ0v) is 17.5. The standard InChI is InChI=1S/C21H32N4O2S/c26-20(24-8-2-1-3-9-24)16-22-11-13-23(14-12-22)17-21(27)25-10-4-6-18(25)19-7-5-15-28-19/h5,7,15,18H,1-4,6,8-14,16-17H2. The number of thiophene rings is 1. The number of carbonyl (C=O) groups is 2. The molecule has 4 rings (SSSR count). The number of nitrogens with zero attached hydrogens (tertiary/aromatic N) is 4. The van der Waals surface area contributed by atoms with Crippen molar-refractivity contribution in [3.63, 3.8) is 0 Å². The number of amides is 2. The van der Waals surface area contributed by atoms with Crippen LogP contribution in [0.3, 0.4) is 0 Å². The largest absolute Gasteiger partial charge is 0.342 e. The molecule has 28 heavy (non-hydrogen) atoms. The van der Waals surface area contributed by atoms with E-state index in [4.69, 9.17) is 0 Å². The number of hydrogen-bond acceptors (Lipinski definition) is 5. The summed E-state index contributed by atoms with van der Waals surface area (Å²) >= 11 is 1.75. The summed E-state index contributed by atoms with van der Waals surface area (Å²) in [5.74, 6) is 0.536. The van der Waals surface area contributed by atoms with Gasteiger partial charge in [-0.25, -0.2) is 0 Å². The van der Waals surface area contributed by atoms with Gasteiger partial charge in [-0.1, -0.05) is 6.07 Å². The van der Waals surface area contributed by atoms with Crippen LogP contribution in [0.4, 0.5) is 0 Å². The van der Waals surface area contributed by atoms with E-state index >= 15 is 0 Å². The fourth-order valence-corrected chi connectivity index (χ4v) is 5.54. The first-order valence-corrected chi connectivity index (χ1v) is 11.6. The Morgan fingerprint density at radius 3 is 2.18 bits per heavy atom. The Morgan fingerprint density at radius 2 is 1.54 bits per heavy atom. The highest BCUT2D eigenvalue weighted by Gasteiger charge is 2.32. The fourth-order valence-electron chi connectivity index (χ4n) is 4.66. The van der Waals surface area contributed by atoms with Gasteiger partial charge in [0.15, 0.2) is 0 Å². The van der Waals surface area contributed by atoms with Crippen LogP contribution in [-0.4, -0.2) is 90.3 Å². The van der Waals surface area contributed by atoms with Gasteiger partial charge in [0.05, 0.1) is 19.1 Å². The normalized spacial score (nSPS) is 24.6. The molecule has 2 amide bonds. The first-order chi connectivity index (χ1) is 13.7. The van der Waals surface area contributed by atoms with E-state index in [9.17, 15) is 9.59 Å². The molecule has 1 aromatic heterocycles. The molecule has 3 aliphatic heterocycles. The number of piperazine rings is 1. The lowest BCUT2D eigenvalue weighted by Crippen LogP contribution is -2.52. The van der Waals surface area contributed by atoms with Crippen LogP contribution in [0.25, 0.3) is 0 Å². The molecule has 1 unspecified atom stereocenters. The van der Waals surface area contributed by atoms with Gasteiger partial charge in [0.25, 0.3) is 0 Å². The van der Waals surface area contributed by atoms with Crippen LogP contribution in [-0.2, 0) is 9.59 Å². The summed E-state index contributed by atoms with van der Waals surface area (Å²) in [7, 11) is 0. The molecule has 4 heterocycles. The lowest BCUT2D eigenvalue weighted by Gasteiger charge is -2.36. The van der Waals surface area contributed by atoms with Gasteiger partial charge in [0.2, 0.25) is 11.8 Å². The molecule has 0 saturated carbocycles. The van der Waals surface area contributed by atoms with Crippen LogP contribution in [0, 0.1) is 0 Å². The molecule has 1 atom stereocenters. The number of likely N-dealkylation sites (tertiary alicyclic amines) is 2. The van der Waals surface area contributed by atoms with E-state index < -0.39 is 0 Å². The minimum atomic E-state index is 0.258. The molecule has 0 bridgehead atoms. The molecule has 0 aliphatic carbocycles. The van der Waals surface area contributed by atoms with Crippen LogP contribution >= 0.6 is 11.3 Å². The maximum Gasteiger partial charge on any atom is 0.237 e. The average molecular weight is 405 g/mol. The van der Waals surface area contributed by atoms with Crippen molar-refractivity contribution in [2.45, 2.75) is 38.1 Å². The highest BCUT2D eigenvalue weighted by atomic mass is 32.1. The Bertz CT molecular complexity index is 651. The predicted molar refractivity (Wildman–Crippen MR) is 111 cm³/mol. The third-order valence-electron chi connectivity index (χ3n) is 6.34.